The summed E-state index contributed by atoms with van der Waals surface area (Å²) >= 11 is 1.62. The molecule has 3 nitrogen and oxygen atoms in total. The van der Waals surface area contributed by atoms with E-state index in [0.717, 1.165) is 27.5 Å². The van der Waals surface area contributed by atoms with Gasteiger partial charge in [0, 0.05) is 16.7 Å². The number of nitrogens with zero attached hydrogens (tertiary/aromatic N) is 1. The third kappa shape index (κ3) is 2.89. The maximum atomic E-state index is 6.06. The SMILES string of the molecule is COc1ccc(C2=NOC(c3ccccc3)(c3ccccc3)S2)cc1. The molecule has 4 rings (SSSR count). The summed E-state index contributed by atoms with van der Waals surface area (Å²) in [6.45, 7) is 0. The average Bonchev–Trinajstić information content (AvgIpc) is 3.16. The third-order valence-electron chi connectivity index (χ3n) is 4.14. The lowest BCUT2D eigenvalue weighted by molar-refractivity contribution is 0.0667. The minimum Gasteiger partial charge on any atom is -0.497 e. The highest BCUT2D eigenvalue weighted by molar-refractivity contribution is 8.15. The van der Waals surface area contributed by atoms with Gasteiger partial charge in [0.1, 0.15) is 10.8 Å². The molecule has 1 aliphatic rings. The first-order valence-corrected chi connectivity index (χ1v) is 8.84. The Bertz CT molecular complexity index is 837. The molecule has 0 saturated heterocycles. The quantitative estimate of drug-likeness (QED) is 0.664. The van der Waals surface area contributed by atoms with E-state index in [0.29, 0.717) is 0 Å². The minimum absolute atomic E-state index is 0.669. The Balaban J connectivity index is 1.73. The Hall–Kier alpha value is -2.72. The Morgan fingerprint density at radius 3 is 1.88 bits per heavy atom. The summed E-state index contributed by atoms with van der Waals surface area (Å²) in [6.07, 6.45) is 0. The molecule has 0 atom stereocenters. The van der Waals surface area contributed by atoms with Crippen LogP contribution in [0, 0.1) is 0 Å². The number of methoxy groups -OCH3 is 1. The Morgan fingerprint density at radius 2 is 1.36 bits per heavy atom. The van der Waals surface area contributed by atoms with Gasteiger partial charge in [-0.25, -0.2) is 0 Å². The van der Waals surface area contributed by atoms with Gasteiger partial charge < -0.3 is 9.57 Å². The molecule has 0 bridgehead atoms. The van der Waals surface area contributed by atoms with Crippen LogP contribution in [-0.4, -0.2) is 12.2 Å². The van der Waals surface area contributed by atoms with Gasteiger partial charge in [0.25, 0.3) is 0 Å². The highest BCUT2D eigenvalue weighted by atomic mass is 32.2. The molecule has 4 heteroatoms. The van der Waals surface area contributed by atoms with Crippen LogP contribution in [0.3, 0.4) is 0 Å². The largest absolute Gasteiger partial charge is 0.497 e. The molecule has 0 amide bonds. The van der Waals surface area contributed by atoms with E-state index in [-0.39, 0.29) is 0 Å². The lowest BCUT2D eigenvalue weighted by atomic mass is 10.0. The molecule has 124 valence electrons. The van der Waals surface area contributed by atoms with E-state index in [2.05, 4.69) is 29.4 Å². The van der Waals surface area contributed by atoms with Crippen molar-refractivity contribution in [3.63, 3.8) is 0 Å². The maximum Gasteiger partial charge on any atom is 0.239 e. The van der Waals surface area contributed by atoms with Crippen molar-refractivity contribution >= 4 is 16.8 Å². The first-order chi connectivity index (χ1) is 12.3. The molecule has 0 fully saturated rings. The fourth-order valence-electron chi connectivity index (χ4n) is 2.83. The topological polar surface area (TPSA) is 30.8 Å². The van der Waals surface area contributed by atoms with Gasteiger partial charge in [-0.1, -0.05) is 65.8 Å². The zero-order valence-corrected chi connectivity index (χ0v) is 14.6. The molecule has 0 aliphatic carbocycles. The van der Waals surface area contributed by atoms with E-state index >= 15 is 0 Å². The van der Waals surface area contributed by atoms with Crippen molar-refractivity contribution in [2.45, 2.75) is 4.93 Å². The summed E-state index contributed by atoms with van der Waals surface area (Å²) in [4.78, 5) is 5.39. The first kappa shape index (κ1) is 15.8. The van der Waals surface area contributed by atoms with Crippen LogP contribution in [0.5, 0.6) is 5.75 Å². The van der Waals surface area contributed by atoms with Crippen molar-refractivity contribution in [1.29, 1.82) is 0 Å². The molecule has 0 aromatic heterocycles. The number of hydrogen-bond donors (Lipinski definition) is 0. The molecule has 3 aromatic carbocycles. The van der Waals surface area contributed by atoms with Crippen molar-refractivity contribution in [2.24, 2.45) is 5.16 Å². The lowest BCUT2D eigenvalue weighted by Crippen LogP contribution is -2.23. The summed E-state index contributed by atoms with van der Waals surface area (Å²) in [6, 6.07) is 28.3. The zero-order valence-electron chi connectivity index (χ0n) is 13.8. The lowest BCUT2D eigenvalue weighted by Gasteiger charge is -2.26. The van der Waals surface area contributed by atoms with Crippen molar-refractivity contribution in [2.75, 3.05) is 7.11 Å². The van der Waals surface area contributed by atoms with E-state index in [1.54, 1.807) is 18.9 Å². The van der Waals surface area contributed by atoms with Gasteiger partial charge in [-0.05, 0) is 36.0 Å². The summed E-state index contributed by atoms with van der Waals surface area (Å²) in [5.41, 5.74) is 3.15. The van der Waals surface area contributed by atoms with E-state index in [1.165, 1.54) is 0 Å². The van der Waals surface area contributed by atoms with E-state index in [4.69, 9.17) is 9.57 Å². The second-order valence-corrected chi connectivity index (χ2v) is 6.83. The van der Waals surface area contributed by atoms with Crippen molar-refractivity contribution < 1.29 is 9.57 Å². The average molecular weight is 347 g/mol. The van der Waals surface area contributed by atoms with Crippen molar-refractivity contribution in [1.82, 2.24) is 0 Å². The van der Waals surface area contributed by atoms with E-state index < -0.39 is 4.93 Å². The number of rotatable bonds is 4. The monoisotopic (exact) mass is 347 g/mol. The number of ether oxygens (including phenoxy) is 1. The van der Waals surface area contributed by atoms with E-state index in [9.17, 15) is 0 Å². The van der Waals surface area contributed by atoms with Gasteiger partial charge in [-0.3, -0.25) is 0 Å². The number of benzene rings is 3. The number of hydrogen-bond acceptors (Lipinski definition) is 4. The zero-order chi connectivity index (χ0) is 17.1. The van der Waals surface area contributed by atoms with Crippen LogP contribution in [-0.2, 0) is 9.77 Å². The fourth-order valence-corrected chi connectivity index (χ4v) is 4.01. The van der Waals surface area contributed by atoms with Crippen LogP contribution < -0.4 is 4.74 Å². The predicted molar refractivity (Wildman–Crippen MR) is 102 cm³/mol. The van der Waals surface area contributed by atoms with Crippen molar-refractivity contribution in [3.8, 4) is 5.75 Å². The van der Waals surface area contributed by atoms with Crippen LogP contribution in [0.1, 0.15) is 16.7 Å². The summed E-state index contributed by atoms with van der Waals surface area (Å²) < 4.78 is 5.23. The summed E-state index contributed by atoms with van der Waals surface area (Å²) in [5, 5.41) is 5.26. The summed E-state index contributed by atoms with van der Waals surface area (Å²) in [5.74, 6) is 0.825. The Morgan fingerprint density at radius 1 is 0.800 bits per heavy atom. The van der Waals surface area contributed by atoms with Gasteiger partial charge in [0.2, 0.25) is 4.93 Å². The fraction of sp³-hybridized carbons (Fsp3) is 0.0952. The molecule has 1 aliphatic heterocycles. The molecule has 0 radical (unpaired) electrons. The van der Waals surface area contributed by atoms with Gasteiger partial charge in [-0.2, -0.15) is 0 Å². The molecule has 3 aromatic rings. The molecule has 1 heterocycles. The van der Waals surface area contributed by atoms with Gasteiger partial charge in [-0.15, -0.1) is 0 Å². The highest BCUT2D eigenvalue weighted by Gasteiger charge is 2.44. The smallest absolute Gasteiger partial charge is 0.239 e. The van der Waals surface area contributed by atoms with Crippen molar-refractivity contribution in [3.05, 3.63) is 102 Å². The number of oxime groups is 1. The standard InChI is InChI=1S/C21H17NO2S/c1-23-19-14-12-16(13-15-19)20-22-24-21(25-20,17-8-4-2-5-9-17)18-10-6-3-7-11-18/h2-15H,1H3. The minimum atomic E-state index is -0.669. The van der Waals surface area contributed by atoms with E-state index in [1.807, 2.05) is 60.7 Å². The molecular formula is C21H17NO2S. The van der Waals surface area contributed by atoms with Crippen LogP contribution in [0.15, 0.2) is 90.1 Å². The van der Waals surface area contributed by atoms with Crippen LogP contribution in [0.2, 0.25) is 0 Å². The van der Waals surface area contributed by atoms with Crippen LogP contribution >= 0.6 is 11.8 Å². The highest BCUT2D eigenvalue weighted by Crippen LogP contribution is 2.49. The normalized spacial score (nSPS) is 15.3. The Kier molecular flexibility index (Phi) is 4.20. The van der Waals surface area contributed by atoms with Crippen LogP contribution in [0.25, 0.3) is 0 Å². The second kappa shape index (κ2) is 6.65. The molecule has 0 saturated carbocycles. The molecule has 0 unspecified atom stereocenters. The Labute approximate surface area is 151 Å². The summed E-state index contributed by atoms with van der Waals surface area (Å²) in [7, 11) is 1.66. The van der Waals surface area contributed by atoms with Gasteiger partial charge in [0.15, 0.2) is 0 Å². The predicted octanol–water partition coefficient (Wildman–Crippen LogP) is 5.02. The van der Waals surface area contributed by atoms with Gasteiger partial charge >= 0.3 is 0 Å². The second-order valence-electron chi connectivity index (χ2n) is 5.67. The molecule has 0 N–H and O–H groups in total. The molecular weight excluding hydrogens is 330 g/mol. The van der Waals surface area contributed by atoms with Crippen LogP contribution in [0.4, 0.5) is 0 Å². The third-order valence-corrected chi connectivity index (χ3v) is 5.48. The maximum absolute atomic E-state index is 6.06. The first-order valence-electron chi connectivity index (χ1n) is 8.02. The molecule has 25 heavy (non-hydrogen) atoms. The van der Waals surface area contributed by atoms with Gasteiger partial charge in [0.05, 0.1) is 7.11 Å². The number of thioether (sulfide) groups is 1. The molecule has 0 spiro atoms.